The van der Waals surface area contributed by atoms with E-state index >= 15 is 0 Å². The molecule has 3 aromatic carbocycles. The molecule has 3 aromatic rings. The van der Waals surface area contributed by atoms with Crippen LogP contribution in [-0.4, -0.2) is 17.8 Å². The number of hydrogen-bond acceptors (Lipinski definition) is 5. The summed E-state index contributed by atoms with van der Waals surface area (Å²) in [5.41, 5.74) is 3.22. The number of aryl methyl sites for hydroxylation is 2. The number of imide groups is 1. The number of para-hydroxylation sites is 1. The van der Waals surface area contributed by atoms with Crippen LogP contribution in [-0.2, 0) is 16.0 Å². The van der Waals surface area contributed by atoms with Gasteiger partial charge in [0.2, 0.25) is 0 Å². The van der Waals surface area contributed by atoms with Gasteiger partial charge in [0.1, 0.15) is 16.5 Å². The van der Waals surface area contributed by atoms with Crippen LogP contribution in [0.5, 0.6) is 5.75 Å². The van der Waals surface area contributed by atoms with E-state index in [9.17, 15) is 14.4 Å². The summed E-state index contributed by atoms with van der Waals surface area (Å²) in [6.07, 6.45) is 0.745. The highest BCUT2D eigenvalue weighted by Crippen LogP contribution is 2.30. The van der Waals surface area contributed by atoms with E-state index in [1.165, 1.54) is 0 Å². The summed E-state index contributed by atoms with van der Waals surface area (Å²) >= 11 is 6.18. The van der Waals surface area contributed by atoms with Gasteiger partial charge in [-0.25, -0.2) is 9.69 Å². The number of anilines is 2. The molecule has 1 aliphatic rings. The third-order valence-corrected chi connectivity index (χ3v) is 5.62. The SMILES string of the molecule is CCc1ccccc1OC(=O)c1ccc(NC2=C(Cl)C(=O)N(c3ccc(C)cc3)C2=O)cc1. The smallest absolute Gasteiger partial charge is 0.343 e. The van der Waals surface area contributed by atoms with Gasteiger partial charge in [0, 0.05) is 5.69 Å². The van der Waals surface area contributed by atoms with Crippen LogP contribution in [0.4, 0.5) is 11.4 Å². The Bertz CT molecular complexity index is 1260. The fraction of sp³-hybridized carbons (Fsp3) is 0.115. The lowest BCUT2D eigenvalue weighted by Crippen LogP contribution is -2.32. The first-order valence-corrected chi connectivity index (χ1v) is 10.8. The molecule has 0 saturated heterocycles. The van der Waals surface area contributed by atoms with Gasteiger partial charge in [0.15, 0.2) is 0 Å². The summed E-state index contributed by atoms with van der Waals surface area (Å²) in [7, 11) is 0. The van der Waals surface area contributed by atoms with Crippen LogP contribution in [0.3, 0.4) is 0 Å². The van der Waals surface area contributed by atoms with E-state index in [-0.39, 0.29) is 10.7 Å². The lowest BCUT2D eigenvalue weighted by Gasteiger charge is -2.15. The maximum atomic E-state index is 12.9. The summed E-state index contributed by atoms with van der Waals surface area (Å²) in [5.74, 6) is -1.11. The summed E-state index contributed by atoms with van der Waals surface area (Å²) in [6.45, 7) is 3.90. The molecule has 0 bridgehead atoms. The van der Waals surface area contributed by atoms with Crippen molar-refractivity contribution >= 4 is 40.8 Å². The van der Waals surface area contributed by atoms with Gasteiger partial charge in [-0.05, 0) is 61.4 Å². The molecule has 0 radical (unpaired) electrons. The standard InChI is InChI=1S/C26H21ClN2O4/c1-3-17-6-4-5-7-21(17)33-26(32)18-10-12-19(13-11-18)28-23-22(27)24(30)29(25(23)31)20-14-8-16(2)9-15-20/h4-15,28H,3H2,1-2H3. The van der Waals surface area contributed by atoms with Crippen LogP contribution >= 0.6 is 11.6 Å². The number of benzene rings is 3. The molecule has 0 aliphatic carbocycles. The second-order valence-corrected chi connectivity index (χ2v) is 7.90. The van der Waals surface area contributed by atoms with E-state index < -0.39 is 17.8 Å². The Morgan fingerprint density at radius 3 is 2.27 bits per heavy atom. The number of nitrogens with zero attached hydrogens (tertiary/aromatic N) is 1. The van der Waals surface area contributed by atoms with Gasteiger partial charge in [0.25, 0.3) is 11.8 Å². The van der Waals surface area contributed by atoms with E-state index in [0.29, 0.717) is 22.7 Å². The molecule has 1 heterocycles. The number of esters is 1. The Hall–Kier alpha value is -3.90. The largest absolute Gasteiger partial charge is 0.423 e. The lowest BCUT2D eigenvalue weighted by atomic mass is 10.1. The molecule has 0 atom stereocenters. The Morgan fingerprint density at radius 1 is 0.939 bits per heavy atom. The Morgan fingerprint density at radius 2 is 1.61 bits per heavy atom. The Balaban J connectivity index is 1.48. The monoisotopic (exact) mass is 460 g/mol. The van der Waals surface area contributed by atoms with Crippen LogP contribution in [0.15, 0.2) is 83.5 Å². The Kier molecular flexibility index (Phi) is 6.29. The van der Waals surface area contributed by atoms with Crippen LogP contribution in [0.1, 0.15) is 28.4 Å². The highest BCUT2D eigenvalue weighted by molar-refractivity contribution is 6.53. The van der Waals surface area contributed by atoms with Crippen molar-refractivity contribution in [2.45, 2.75) is 20.3 Å². The van der Waals surface area contributed by atoms with Crippen molar-refractivity contribution in [3.63, 3.8) is 0 Å². The normalized spacial score (nSPS) is 13.5. The second kappa shape index (κ2) is 9.30. The molecule has 1 aliphatic heterocycles. The van der Waals surface area contributed by atoms with Crippen molar-refractivity contribution in [1.29, 1.82) is 0 Å². The van der Waals surface area contributed by atoms with Crippen LogP contribution in [0.25, 0.3) is 0 Å². The third-order valence-electron chi connectivity index (χ3n) is 5.27. The molecule has 7 heteroatoms. The van der Waals surface area contributed by atoms with Gasteiger partial charge in [-0.3, -0.25) is 9.59 Å². The topological polar surface area (TPSA) is 75.7 Å². The molecule has 4 rings (SSSR count). The summed E-state index contributed by atoms with van der Waals surface area (Å²) in [6, 6.07) is 20.8. The quantitative estimate of drug-likeness (QED) is 0.310. The van der Waals surface area contributed by atoms with Crippen LogP contribution in [0, 0.1) is 6.92 Å². The summed E-state index contributed by atoms with van der Waals surface area (Å²) < 4.78 is 5.52. The third kappa shape index (κ3) is 4.52. The molecule has 0 saturated carbocycles. The van der Waals surface area contributed by atoms with Crippen molar-refractivity contribution < 1.29 is 19.1 Å². The predicted molar refractivity (Wildman–Crippen MR) is 127 cm³/mol. The van der Waals surface area contributed by atoms with Gasteiger partial charge in [0.05, 0.1) is 11.3 Å². The first-order valence-electron chi connectivity index (χ1n) is 10.4. The Labute approximate surface area is 196 Å². The zero-order valence-electron chi connectivity index (χ0n) is 18.1. The first-order chi connectivity index (χ1) is 15.9. The number of nitrogens with one attached hydrogen (secondary N) is 1. The number of carbonyl (C=O) groups excluding carboxylic acids is 3. The number of halogens is 1. The fourth-order valence-corrected chi connectivity index (χ4v) is 3.64. The van der Waals surface area contributed by atoms with E-state index in [1.54, 1.807) is 42.5 Å². The zero-order chi connectivity index (χ0) is 23.5. The van der Waals surface area contributed by atoms with Crippen molar-refractivity contribution in [2.75, 3.05) is 10.2 Å². The predicted octanol–water partition coefficient (Wildman–Crippen LogP) is 5.21. The van der Waals surface area contributed by atoms with E-state index in [2.05, 4.69) is 5.32 Å². The molecule has 2 amide bonds. The fourth-order valence-electron chi connectivity index (χ4n) is 3.43. The van der Waals surface area contributed by atoms with Crippen molar-refractivity contribution in [2.24, 2.45) is 0 Å². The van der Waals surface area contributed by atoms with Gasteiger partial charge in [-0.15, -0.1) is 0 Å². The van der Waals surface area contributed by atoms with Gasteiger partial charge in [-0.1, -0.05) is 54.4 Å². The van der Waals surface area contributed by atoms with E-state index in [4.69, 9.17) is 16.3 Å². The minimum Gasteiger partial charge on any atom is -0.423 e. The van der Waals surface area contributed by atoms with Crippen molar-refractivity contribution in [3.05, 3.63) is 100 Å². The highest BCUT2D eigenvalue weighted by atomic mass is 35.5. The average Bonchev–Trinajstić information content (AvgIpc) is 3.03. The molecule has 0 aromatic heterocycles. The lowest BCUT2D eigenvalue weighted by molar-refractivity contribution is -0.120. The summed E-state index contributed by atoms with van der Waals surface area (Å²) in [5, 5.41) is 2.71. The van der Waals surface area contributed by atoms with Gasteiger partial charge >= 0.3 is 5.97 Å². The molecule has 0 unspecified atom stereocenters. The summed E-state index contributed by atoms with van der Waals surface area (Å²) in [4.78, 5) is 39.0. The minimum atomic E-state index is -0.595. The maximum Gasteiger partial charge on any atom is 0.343 e. The molecule has 166 valence electrons. The molecule has 0 spiro atoms. The van der Waals surface area contributed by atoms with E-state index in [1.807, 2.05) is 44.2 Å². The second-order valence-electron chi connectivity index (χ2n) is 7.52. The van der Waals surface area contributed by atoms with Crippen LogP contribution < -0.4 is 15.0 Å². The number of carbonyl (C=O) groups is 3. The molecule has 0 fully saturated rings. The number of rotatable bonds is 6. The zero-order valence-corrected chi connectivity index (χ0v) is 18.8. The van der Waals surface area contributed by atoms with Crippen LogP contribution in [0.2, 0.25) is 0 Å². The maximum absolute atomic E-state index is 12.9. The molecule has 1 N–H and O–H groups in total. The highest BCUT2D eigenvalue weighted by Gasteiger charge is 2.38. The van der Waals surface area contributed by atoms with Gasteiger partial charge in [-0.2, -0.15) is 0 Å². The molecule has 6 nitrogen and oxygen atoms in total. The average molecular weight is 461 g/mol. The van der Waals surface area contributed by atoms with Crippen molar-refractivity contribution in [1.82, 2.24) is 0 Å². The van der Waals surface area contributed by atoms with Crippen molar-refractivity contribution in [3.8, 4) is 5.75 Å². The van der Waals surface area contributed by atoms with Gasteiger partial charge < -0.3 is 10.1 Å². The number of hydrogen-bond donors (Lipinski definition) is 1. The molecular formula is C26H21ClN2O4. The number of amides is 2. The molecule has 33 heavy (non-hydrogen) atoms. The minimum absolute atomic E-state index is 0.0190. The van der Waals surface area contributed by atoms with E-state index in [0.717, 1.165) is 22.4 Å². The number of ether oxygens (including phenoxy) is 1. The first kappa shape index (κ1) is 22.3. The molecular weight excluding hydrogens is 440 g/mol.